The van der Waals surface area contributed by atoms with Crippen LogP contribution in [-0.4, -0.2) is 38.6 Å². The first-order valence-corrected chi connectivity index (χ1v) is 4.82. The van der Waals surface area contributed by atoms with Crippen LogP contribution in [0.5, 0.6) is 11.5 Å². The number of aliphatic hydroxyl groups excluding tert-OH is 1. The van der Waals surface area contributed by atoms with Crippen molar-refractivity contribution in [2.45, 2.75) is 14.9 Å². The molecule has 0 fully saturated rings. The fraction of sp³-hybridized carbons (Fsp3) is 0.538. The van der Waals surface area contributed by atoms with Crippen molar-refractivity contribution in [3.8, 4) is 11.5 Å². The highest BCUT2D eigenvalue weighted by molar-refractivity contribution is 5.32. The Balaban J connectivity index is 0. The lowest BCUT2D eigenvalue weighted by atomic mass is 10.3. The molecular weight excluding hydrogens is 220 g/mol. The van der Waals surface area contributed by atoms with Gasteiger partial charge in [-0.1, -0.05) is 20.9 Å². The molecule has 0 heterocycles. The number of benzene rings is 1. The Morgan fingerprint density at radius 1 is 1.00 bits per heavy atom. The van der Waals surface area contributed by atoms with Crippen LogP contribution in [0.1, 0.15) is 14.9 Å². The summed E-state index contributed by atoms with van der Waals surface area (Å²) in [6.45, 7) is 1.37. The lowest BCUT2D eigenvalue weighted by Gasteiger charge is -2.08. The molecule has 0 unspecified atom stereocenters. The van der Waals surface area contributed by atoms with Gasteiger partial charge in [0.1, 0.15) is 24.7 Å². The molecule has 1 N–H and O–H groups in total. The number of aliphatic hydroxyl groups is 1. The first-order chi connectivity index (χ1) is 7.36. The van der Waals surface area contributed by atoms with E-state index >= 15 is 0 Å². The average Bonchev–Trinajstić information content (AvgIpc) is 2.27. The van der Waals surface area contributed by atoms with Gasteiger partial charge in [0.2, 0.25) is 0 Å². The highest BCUT2D eigenvalue weighted by Crippen LogP contribution is 2.19. The molecule has 0 aliphatic heterocycles. The zero-order valence-corrected chi connectivity index (χ0v) is 8.81. The van der Waals surface area contributed by atoms with Gasteiger partial charge in [0, 0.05) is 13.2 Å². The Hall–Kier alpha value is -1.26. The number of ether oxygens (including phenoxy) is 3. The third-order valence-electron chi connectivity index (χ3n) is 1.72. The first-order valence-electron chi connectivity index (χ1n) is 4.82. The molecule has 0 saturated heterocycles. The molecule has 1 rings (SSSR count). The van der Waals surface area contributed by atoms with E-state index in [-0.39, 0.29) is 21.5 Å². The summed E-state index contributed by atoms with van der Waals surface area (Å²) in [4.78, 5) is 0. The molecule has 0 saturated carbocycles. The topological polar surface area (TPSA) is 47.9 Å². The summed E-state index contributed by atoms with van der Waals surface area (Å²) >= 11 is 0. The quantitative estimate of drug-likeness (QED) is 0.748. The predicted octanol–water partition coefficient (Wildman–Crippen LogP) is 2.36. The Morgan fingerprint density at radius 2 is 1.59 bits per heavy atom. The van der Waals surface area contributed by atoms with E-state index in [2.05, 4.69) is 0 Å². The van der Waals surface area contributed by atoms with Gasteiger partial charge in [-0.3, -0.25) is 0 Å². The van der Waals surface area contributed by atoms with E-state index < -0.39 is 0 Å². The molecule has 100 valence electrons. The summed E-state index contributed by atoms with van der Waals surface area (Å²) in [6, 6.07) is 7.29. The maximum Gasteiger partial charge on any atom is 0.123 e. The summed E-state index contributed by atoms with van der Waals surface area (Å²) in [6.07, 6.45) is 0. The van der Waals surface area contributed by atoms with Crippen molar-refractivity contribution in [1.82, 2.24) is 0 Å². The first kappa shape index (κ1) is 18.1. The van der Waals surface area contributed by atoms with Crippen LogP contribution in [0.25, 0.3) is 0 Å². The van der Waals surface area contributed by atoms with Crippen LogP contribution in [-0.2, 0) is 4.74 Å². The summed E-state index contributed by atoms with van der Waals surface area (Å²) in [5.74, 6) is 1.43. The van der Waals surface area contributed by atoms with Crippen molar-refractivity contribution >= 4 is 0 Å². The van der Waals surface area contributed by atoms with Crippen LogP contribution in [0.2, 0.25) is 0 Å². The second-order valence-electron chi connectivity index (χ2n) is 2.89. The van der Waals surface area contributed by atoms with E-state index in [0.29, 0.717) is 25.6 Å². The molecule has 1 aromatic rings. The van der Waals surface area contributed by atoms with Gasteiger partial charge in [-0.25, -0.2) is 0 Å². The molecule has 0 radical (unpaired) electrons. The largest absolute Gasteiger partial charge is 0.491 e. The van der Waals surface area contributed by atoms with Gasteiger partial charge in [-0.05, 0) is 12.1 Å². The average molecular weight is 244 g/mol. The Bertz CT molecular complexity index is 276. The van der Waals surface area contributed by atoms with Crippen molar-refractivity contribution in [3.63, 3.8) is 0 Å². The van der Waals surface area contributed by atoms with Gasteiger partial charge in [-0.2, -0.15) is 0 Å². The zero-order valence-electron chi connectivity index (χ0n) is 8.81. The third-order valence-corrected chi connectivity index (χ3v) is 1.72. The van der Waals surface area contributed by atoms with Gasteiger partial charge < -0.3 is 19.3 Å². The molecular formula is C13H24O4. The molecule has 0 atom stereocenters. The molecule has 1 aromatic carbocycles. The lowest BCUT2D eigenvalue weighted by molar-refractivity contribution is 0.146. The summed E-state index contributed by atoms with van der Waals surface area (Å²) < 4.78 is 15.5. The molecule has 0 amide bonds. The van der Waals surface area contributed by atoms with Crippen LogP contribution < -0.4 is 9.47 Å². The predicted molar refractivity (Wildman–Crippen MR) is 69.9 cm³/mol. The second kappa shape index (κ2) is 11.2. The number of methoxy groups -OCH3 is 1. The van der Waals surface area contributed by atoms with Gasteiger partial charge >= 0.3 is 0 Å². The van der Waals surface area contributed by atoms with Crippen LogP contribution in [0, 0.1) is 0 Å². The van der Waals surface area contributed by atoms with E-state index in [1.807, 2.05) is 18.2 Å². The monoisotopic (exact) mass is 244 g/mol. The van der Waals surface area contributed by atoms with E-state index in [0.717, 1.165) is 5.75 Å². The third kappa shape index (κ3) is 7.60. The number of hydrogen-bond acceptors (Lipinski definition) is 4. The number of hydrogen-bond donors (Lipinski definition) is 1. The molecule has 0 bridgehead atoms. The van der Waals surface area contributed by atoms with Gasteiger partial charge in [0.25, 0.3) is 0 Å². The van der Waals surface area contributed by atoms with Gasteiger partial charge in [-0.15, -0.1) is 0 Å². The number of rotatable bonds is 7. The summed E-state index contributed by atoms with van der Waals surface area (Å²) in [7, 11) is 1.63. The standard InChI is InChI=1S/C11H16O4.2CH4/c1-13-7-8-15-11-4-2-3-10(9-11)14-6-5-12;;/h2-4,9,12H,5-8H2,1H3;2*1H4. The highest BCUT2D eigenvalue weighted by atomic mass is 16.5. The molecule has 4 nitrogen and oxygen atoms in total. The normalized spacial score (nSPS) is 8.82. The summed E-state index contributed by atoms with van der Waals surface area (Å²) in [5.41, 5.74) is 0. The van der Waals surface area contributed by atoms with Crippen LogP contribution >= 0.6 is 0 Å². The highest BCUT2D eigenvalue weighted by Gasteiger charge is 1.97. The zero-order chi connectivity index (χ0) is 10.9. The molecule has 4 heteroatoms. The minimum atomic E-state index is 0. The van der Waals surface area contributed by atoms with Gasteiger partial charge in [0.05, 0.1) is 13.2 Å². The van der Waals surface area contributed by atoms with Crippen molar-refractivity contribution < 1.29 is 19.3 Å². The van der Waals surface area contributed by atoms with E-state index in [9.17, 15) is 0 Å². The minimum absolute atomic E-state index is 0. The molecule has 0 aromatic heterocycles. The SMILES string of the molecule is C.C.COCCOc1cccc(OCCO)c1. The Morgan fingerprint density at radius 3 is 2.12 bits per heavy atom. The molecule has 0 aliphatic carbocycles. The molecule has 17 heavy (non-hydrogen) atoms. The second-order valence-corrected chi connectivity index (χ2v) is 2.89. The fourth-order valence-electron chi connectivity index (χ4n) is 1.06. The van der Waals surface area contributed by atoms with E-state index in [4.69, 9.17) is 19.3 Å². The smallest absolute Gasteiger partial charge is 0.123 e. The molecule has 0 aliphatic rings. The maximum absolute atomic E-state index is 8.60. The summed E-state index contributed by atoms with van der Waals surface area (Å²) in [5, 5.41) is 8.60. The van der Waals surface area contributed by atoms with Crippen molar-refractivity contribution in [1.29, 1.82) is 0 Å². The van der Waals surface area contributed by atoms with Crippen molar-refractivity contribution in [2.24, 2.45) is 0 Å². The van der Waals surface area contributed by atoms with E-state index in [1.165, 1.54) is 0 Å². The van der Waals surface area contributed by atoms with Crippen molar-refractivity contribution in [2.75, 3.05) is 33.5 Å². The fourth-order valence-corrected chi connectivity index (χ4v) is 1.06. The van der Waals surface area contributed by atoms with Crippen LogP contribution in [0.4, 0.5) is 0 Å². The minimum Gasteiger partial charge on any atom is -0.491 e. The van der Waals surface area contributed by atoms with Crippen LogP contribution in [0.3, 0.4) is 0 Å². The Kier molecular flexibility index (Phi) is 12.0. The van der Waals surface area contributed by atoms with Crippen LogP contribution in [0.15, 0.2) is 24.3 Å². The van der Waals surface area contributed by atoms with E-state index in [1.54, 1.807) is 13.2 Å². The lowest BCUT2D eigenvalue weighted by Crippen LogP contribution is -2.05. The molecule has 0 spiro atoms. The van der Waals surface area contributed by atoms with Crippen molar-refractivity contribution in [3.05, 3.63) is 24.3 Å². The Labute approximate surface area is 104 Å². The van der Waals surface area contributed by atoms with Gasteiger partial charge in [0.15, 0.2) is 0 Å². The maximum atomic E-state index is 8.60.